The van der Waals surface area contributed by atoms with E-state index in [1.165, 1.54) is 17.4 Å². The highest BCUT2D eigenvalue weighted by Crippen LogP contribution is 2.31. The van der Waals surface area contributed by atoms with Crippen molar-refractivity contribution in [2.45, 2.75) is 6.61 Å². The molecule has 8 nitrogen and oxygen atoms in total. The molecule has 1 amide bonds. The first kappa shape index (κ1) is 21.5. The highest BCUT2D eigenvalue weighted by atomic mass is 32.1. The van der Waals surface area contributed by atoms with Crippen molar-refractivity contribution in [3.8, 4) is 22.1 Å². The van der Waals surface area contributed by atoms with Gasteiger partial charge in [-0.3, -0.25) is 9.59 Å². The summed E-state index contributed by atoms with van der Waals surface area (Å²) in [5.41, 5.74) is 2.27. The predicted octanol–water partition coefficient (Wildman–Crippen LogP) is 4.59. The van der Waals surface area contributed by atoms with E-state index in [0.29, 0.717) is 22.9 Å². The van der Waals surface area contributed by atoms with Gasteiger partial charge in [0, 0.05) is 24.1 Å². The molecule has 0 saturated heterocycles. The number of benzene rings is 1. The number of nitrogens with one attached hydrogen (secondary N) is 2. The summed E-state index contributed by atoms with van der Waals surface area (Å²) in [5.74, 6) is 0.440. The summed E-state index contributed by atoms with van der Waals surface area (Å²) < 4.78 is 13.2. The number of hydrogen-bond acceptors (Lipinski definition) is 6. The Balaban J connectivity index is 1.32. The molecule has 170 valence electrons. The average molecular weight is 473 g/mol. The van der Waals surface area contributed by atoms with Crippen LogP contribution in [0.4, 0.5) is 5.69 Å². The third kappa shape index (κ3) is 4.41. The Kier molecular flexibility index (Phi) is 5.84. The minimum Gasteiger partial charge on any atom is -0.493 e. The third-order valence-electron chi connectivity index (χ3n) is 5.15. The quantitative estimate of drug-likeness (QED) is 0.361. The fraction of sp³-hybridized carbons (Fsp3) is 0.0800. The van der Waals surface area contributed by atoms with Crippen molar-refractivity contribution in [1.82, 2.24) is 14.4 Å². The molecular formula is C25H20N4O4S. The number of aromatic nitrogens is 3. The molecule has 0 fully saturated rings. The maximum Gasteiger partial charge on any atom is 0.261 e. The maximum atomic E-state index is 12.8. The van der Waals surface area contributed by atoms with Crippen LogP contribution < -0.4 is 20.3 Å². The van der Waals surface area contributed by atoms with Crippen LogP contribution in [0.15, 0.2) is 83.2 Å². The molecule has 0 aliphatic rings. The van der Waals surface area contributed by atoms with Crippen LogP contribution in [0, 0.1) is 0 Å². The van der Waals surface area contributed by atoms with Gasteiger partial charge in [0.1, 0.15) is 17.8 Å². The zero-order valence-corrected chi connectivity index (χ0v) is 19.0. The number of carbonyl (C=O) groups excluding carboxylic acids is 1. The number of imidazole rings is 1. The molecule has 5 rings (SSSR count). The summed E-state index contributed by atoms with van der Waals surface area (Å²) in [4.78, 5) is 33.5. The first-order chi connectivity index (χ1) is 16.6. The van der Waals surface area contributed by atoms with E-state index in [1.54, 1.807) is 31.4 Å². The number of aromatic amines is 1. The molecule has 0 unspecified atom stereocenters. The second-order valence-electron chi connectivity index (χ2n) is 7.40. The molecular weight excluding hydrogens is 452 g/mol. The van der Waals surface area contributed by atoms with E-state index in [0.717, 1.165) is 16.2 Å². The Morgan fingerprint density at radius 3 is 2.79 bits per heavy atom. The lowest BCUT2D eigenvalue weighted by Gasteiger charge is -2.12. The molecule has 0 aliphatic heterocycles. The molecule has 34 heavy (non-hydrogen) atoms. The van der Waals surface area contributed by atoms with Gasteiger partial charge < -0.3 is 24.2 Å². The molecule has 0 atom stereocenters. The van der Waals surface area contributed by atoms with Gasteiger partial charge in [0.05, 0.1) is 23.4 Å². The number of hydrogen-bond donors (Lipinski definition) is 2. The average Bonchev–Trinajstić information content (AvgIpc) is 3.52. The SMILES string of the molecule is COc1ccc(NC(=O)c2ccc(-c3cccs3)[nH]c2=O)cc1OCc1cn2ccccc2n1. The van der Waals surface area contributed by atoms with Crippen molar-refractivity contribution in [1.29, 1.82) is 0 Å². The summed E-state index contributed by atoms with van der Waals surface area (Å²) in [6.07, 6.45) is 3.80. The number of carbonyl (C=O) groups is 1. The summed E-state index contributed by atoms with van der Waals surface area (Å²) in [5, 5.41) is 4.68. The predicted molar refractivity (Wildman–Crippen MR) is 131 cm³/mol. The first-order valence-electron chi connectivity index (χ1n) is 10.4. The van der Waals surface area contributed by atoms with Crippen LogP contribution in [0.5, 0.6) is 11.5 Å². The van der Waals surface area contributed by atoms with E-state index >= 15 is 0 Å². The Morgan fingerprint density at radius 1 is 1.12 bits per heavy atom. The van der Waals surface area contributed by atoms with E-state index in [9.17, 15) is 9.59 Å². The summed E-state index contributed by atoms with van der Waals surface area (Å²) >= 11 is 1.51. The Hall–Kier alpha value is -4.37. The number of thiophene rings is 1. The monoisotopic (exact) mass is 472 g/mol. The molecule has 4 aromatic heterocycles. The van der Waals surface area contributed by atoms with Crippen molar-refractivity contribution in [3.63, 3.8) is 0 Å². The normalized spacial score (nSPS) is 10.9. The number of fused-ring (bicyclic) bond motifs is 1. The second kappa shape index (κ2) is 9.24. The van der Waals surface area contributed by atoms with E-state index < -0.39 is 11.5 Å². The number of ether oxygens (including phenoxy) is 2. The zero-order chi connectivity index (χ0) is 23.5. The van der Waals surface area contributed by atoms with Crippen LogP contribution in [-0.2, 0) is 6.61 Å². The molecule has 0 radical (unpaired) electrons. The number of anilines is 1. The van der Waals surface area contributed by atoms with Gasteiger partial charge >= 0.3 is 0 Å². The maximum absolute atomic E-state index is 12.8. The van der Waals surface area contributed by atoms with E-state index in [-0.39, 0.29) is 12.2 Å². The lowest BCUT2D eigenvalue weighted by atomic mass is 10.2. The van der Waals surface area contributed by atoms with E-state index in [4.69, 9.17) is 9.47 Å². The fourth-order valence-corrected chi connectivity index (χ4v) is 4.21. The Labute approximate surface area is 198 Å². The molecule has 1 aromatic carbocycles. The van der Waals surface area contributed by atoms with Gasteiger partial charge in [-0.15, -0.1) is 11.3 Å². The highest BCUT2D eigenvalue weighted by molar-refractivity contribution is 7.13. The van der Waals surface area contributed by atoms with Crippen LogP contribution >= 0.6 is 11.3 Å². The van der Waals surface area contributed by atoms with Gasteiger partial charge in [-0.25, -0.2) is 4.98 Å². The number of H-pyrrole nitrogens is 1. The number of rotatable bonds is 7. The number of methoxy groups -OCH3 is 1. The summed E-state index contributed by atoms with van der Waals surface area (Å²) in [6.45, 7) is 0.222. The lowest BCUT2D eigenvalue weighted by Crippen LogP contribution is -2.23. The van der Waals surface area contributed by atoms with Crippen molar-refractivity contribution < 1.29 is 14.3 Å². The van der Waals surface area contributed by atoms with Gasteiger partial charge in [0.25, 0.3) is 11.5 Å². The molecule has 0 aliphatic carbocycles. The molecule has 2 N–H and O–H groups in total. The number of nitrogens with zero attached hydrogens (tertiary/aromatic N) is 2. The van der Waals surface area contributed by atoms with E-state index in [1.807, 2.05) is 52.5 Å². The summed E-state index contributed by atoms with van der Waals surface area (Å²) in [7, 11) is 1.54. The zero-order valence-electron chi connectivity index (χ0n) is 18.1. The Bertz CT molecular complexity index is 1490. The van der Waals surface area contributed by atoms with Crippen LogP contribution in [0.2, 0.25) is 0 Å². The Morgan fingerprint density at radius 2 is 2.03 bits per heavy atom. The molecule has 0 bridgehead atoms. The van der Waals surface area contributed by atoms with Gasteiger partial charge in [0.2, 0.25) is 0 Å². The van der Waals surface area contributed by atoms with Crippen LogP contribution in [0.25, 0.3) is 16.2 Å². The van der Waals surface area contributed by atoms with Crippen molar-refractivity contribution >= 4 is 28.6 Å². The standard InChI is InChI=1S/C25H20N4O4S/c1-32-20-10-7-16(13-21(20)33-15-17-14-29-11-3-2-6-23(29)26-17)27-24(30)18-8-9-19(28-25(18)31)22-5-4-12-34-22/h2-14H,15H2,1H3,(H,27,30)(H,28,31). The molecule has 0 spiro atoms. The topological polar surface area (TPSA) is 97.7 Å². The highest BCUT2D eigenvalue weighted by Gasteiger charge is 2.14. The van der Waals surface area contributed by atoms with Crippen molar-refractivity contribution in [2.24, 2.45) is 0 Å². The largest absolute Gasteiger partial charge is 0.493 e. The minimum absolute atomic E-state index is 0.0169. The number of amides is 1. The van der Waals surface area contributed by atoms with Gasteiger partial charge in [-0.05, 0) is 47.8 Å². The van der Waals surface area contributed by atoms with Crippen LogP contribution in [-0.4, -0.2) is 27.4 Å². The van der Waals surface area contributed by atoms with Gasteiger partial charge in [0.15, 0.2) is 11.5 Å². The molecule has 0 saturated carbocycles. The molecule has 4 heterocycles. The van der Waals surface area contributed by atoms with E-state index in [2.05, 4.69) is 15.3 Å². The fourth-order valence-electron chi connectivity index (χ4n) is 3.50. The summed E-state index contributed by atoms with van der Waals surface area (Å²) in [6, 6.07) is 17.8. The second-order valence-corrected chi connectivity index (χ2v) is 8.35. The minimum atomic E-state index is -0.518. The third-order valence-corrected chi connectivity index (χ3v) is 6.05. The first-order valence-corrected chi connectivity index (χ1v) is 11.3. The van der Waals surface area contributed by atoms with Crippen LogP contribution in [0.3, 0.4) is 0 Å². The molecule has 5 aromatic rings. The van der Waals surface area contributed by atoms with Crippen molar-refractivity contribution in [3.05, 3.63) is 100 Å². The van der Waals surface area contributed by atoms with Crippen molar-refractivity contribution in [2.75, 3.05) is 12.4 Å². The molecule has 9 heteroatoms. The lowest BCUT2D eigenvalue weighted by molar-refractivity contribution is 0.102. The van der Waals surface area contributed by atoms with Gasteiger partial charge in [-0.2, -0.15) is 0 Å². The van der Waals surface area contributed by atoms with Crippen LogP contribution in [0.1, 0.15) is 16.1 Å². The number of pyridine rings is 2. The van der Waals surface area contributed by atoms with Gasteiger partial charge in [-0.1, -0.05) is 12.1 Å². The smallest absolute Gasteiger partial charge is 0.261 e.